The molecule has 1 saturated heterocycles. The Morgan fingerprint density at radius 2 is 1.63 bits per heavy atom. The lowest BCUT2D eigenvalue weighted by Gasteiger charge is -2.16. The first-order valence-electron chi connectivity index (χ1n) is 11.8. The molecule has 0 atom stereocenters. The number of hydrogen-bond acceptors (Lipinski definition) is 3. The summed E-state index contributed by atoms with van der Waals surface area (Å²) in [7, 11) is 0. The number of fused-ring (bicyclic) bond motifs is 2. The highest BCUT2D eigenvalue weighted by Crippen LogP contribution is 2.39. The van der Waals surface area contributed by atoms with Gasteiger partial charge in [-0.15, -0.1) is 0 Å². The summed E-state index contributed by atoms with van der Waals surface area (Å²) in [5, 5.41) is 3.31. The molecule has 0 spiro atoms. The molecule has 0 bridgehead atoms. The minimum atomic E-state index is -4.51. The molecule has 188 valence electrons. The highest BCUT2D eigenvalue weighted by molar-refractivity contribution is 8.27. The van der Waals surface area contributed by atoms with Crippen LogP contribution in [0.2, 0.25) is 0 Å². The highest BCUT2D eigenvalue weighted by Gasteiger charge is 2.36. The van der Waals surface area contributed by atoms with Crippen molar-refractivity contribution in [2.75, 3.05) is 4.90 Å². The van der Waals surface area contributed by atoms with E-state index in [0.29, 0.717) is 11.4 Å². The Labute approximate surface area is 226 Å². The third-order valence-electron chi connectivity index (χ3n) is 6.50. The Bertz CT molecular complexity index is 1770. The van der Waals surface area contributed by atoms with E-state index >= 15 is 0 Å². The molecule has 1 fully saturated rings. The van der Waals surface area contributed by atoms with Crippen LogP contribution in [0.5, 0.6) is 0 Å². The number of benzene rings is 4. The van der Waals surface area contributed by atoms with E-state index in [2.05, 4.69) is 34.9 Å². The molecule has 8 heteroatoms. The van der Waals surface area contributed by atoms with Crippen LogP contribution in [0.15, 0.2) is 102 Å². The van der Waals surface area contributed by atoms with E-state index in [0.717, 1.165) is 50.8 Å². The number of rotatable bonds is 4. The van der Waals surface area contributed by atoms with Crippen LogP contribution in [-0.2, 0) is 17.5 Å². The zero-order valence-electron chi connectivity index (χ0n) is 19.8. The Morgan fingerprint density at radius 3 is 2.45 bits per heavy atom. The molecule has 1 aromatic heterocycles. The lowest BCUT2D eigenvalue weighted by Crippen LogP contribution is -2.27. The SMILES string of the molecule is O=C1/C(=C\c2cn(Cc3ccc4ccccc4c3)c3ccccc23)SC(=S)N1c1cccc(C(F)(F)F)c1. The topological polar surface area (TPSA) is 25.2 Å². The molecule has 1 aliphatic heterocycles. The van der Waals surface area contributed by atoms with E-state index in [1.54, 1.807) is 6.08 Å². The Kier molecular flexibility index (Phi) is 6.08. The number of amides is 1. The summed E-state index contributed by atoms with van der Waals surface area (Å²) in [6, 6.07) is 27.2. The number of thiocarbonyl (C=S) groups is 1. The largest absolute Gasteiger partial charge is 0.416 e. The molecule has 5 aromatic rings. The molecule has 3 nitrogen and oxygen atoms in total. The van der Waals surface area contributed by atoms with Crippen LogP contribution in [0, 0.1) is 0 Å². The minimum Gasteiger partial charge on any atom is -0.342 e. The van der Waals surface area contributed by atoms with Crippen LogP contribution >= 0.6 is 24.0 Å². The van der Waals surface area contributed by atoms with Gasteiger partial charge in [0.1, 0.15) is 0 Å². The second-order valence-corrected chi connectivity index (χ2v) is 10.7. The quantitative estimate of drug-likeness (QED) is 0.168. The van der Waals surface area contributed by atoms with Crippen molar-refractivity contribution < 1.29 is 18.0 Å². The predicted octanol–water partition coefficient (Wildman–Crippen LogP) is 8.27. The number of alkyl halides is 3. The van der Waals surface area contributed by atoms with Crippen LogP contribution in [0.1, 0.15) is 16.7 Å². The van der Waals surface area contributed by atoms with Gasteiger partial charge >= 0.3 is 6.18 Å². The van der Waals surface area contributed by atoms with Crippen molar-refractivity contribution >= 4 is 67.6 Å². The molecule has 4 aromatic carbocycles. The van der Waals surface area contributed by atoms with Crippen molar-refractivity contribution in [2.24, 2.45) is 0 Å². The van der Waals surface area contributed by atoms with Crippen molar-refractivity contribution in [3.05, 3.63) is 119 Å². The van der Waals surface area contributed by atoms with Crippen molar-refractivity contribution in [3.63, 3.8) is 0 Å². The molecular formula is C30H19F3N2OS2. The van der Waals surface area contributed by atoms with E-state index < -0.39 is 17.6 Å². The molecule has 0 aliphatic carbocycles. The zero-order valence-corrected chi connectivity index (χ0v) is 21.4. The summed E-state index contributed by atoms with van der Waals surface area (Å²) >= 11 is 6.48. The maximum Gasteiger partial charge on any atom is 0.416 e. The van der Waals surface area contributed by atoms with Gasteiger partial charge in [-0.25, -0.2) is 0 Å². The van der Waals surface area contributed by atoms with Gasteiger partial charge < -0.3 is 4.57 Å². The summed E-state index contributed by atoms with van der Waals surface area (Å²) in [5.74, 6) is -0.439. The second kappa shape index (κ2) is 9.45. The Hall–Kier alpha value is -3.88. The average molecular weight is 545 g/mol. The second-order valence-electron chi connectivity index (χ2n) is 8.98. The van der Waals surface area contributed by atoms with Gasteiger partial charge in [0.05, 0.1) is 16.2 Å². The lowest BCUT2D eigenvalue weighted by atomic mass is 10.1. The normalized spacial score (nSPS) is 15.3. The van der Waals surface area contributed by atoms with Gasteiger partial charge in [0.2, 0.25) is 0 Å². The first-order chi connectivity index (χ1) is 18.3. The maximum absolute atomic E-state index is 13.3. The number of anilines is 1. The zero-order chi connectivity index (χ0) is 26.4. The third kappa shape index (κ3) is 4.50. The molecular weight excluding hydrogens is 525 g/mol. The van der Waals surface area contributed by atoms with E-state index in [-0.39, 0.29) is 10.0 Å². The third-order valence-corrected chi connectivity index (χ3v) is 7.80. The maximum atomic E-state index is 13.3. The number of carbonyl (C=O) groups is 1. The molecule has 2 heterocycles. The van der Waals surface area contributed by atoms with Gasteiger partial charge in [-0.2, -0.15) is 13.2 Å². The fourth-order valence-electron chi connectivity index (χ4n) is 4.71. The molecule has 1 amide bonds. The van der Waals surface area contributed by atoms with Gasteiger partial charge in [0.25, 0.3) is 5.91 Å². The van der Waals surface area contributed by atoms with Crippen molar-refractivity contribution in [2.45, 2.75) is 12.7 Å². The van der Waals surface area contributed by atoms with Crippen LogP contribution < -0.4 is 4.90 Å². The summed E-state index contributed by atoms with van der Waals surface area (Å²) in [5.41, 5.74) is 2.27. The van der Waals surface area contributed by atoms with Crippen molar-refractivity contribution in [3.8, 4) is 0 Å². The summed E-state index contributed by atoms with van der Waals surface area (Å²) in [4.78, 5) is 14.8. The number of thioether (sulfide) groups is 1. The number of hydrogen-bond donors (Lipinski definition) is 0. The molecule has 38 heavy (non-hydrogen) atoms. The number of halogens is 3. The molecule has 0 radical (unpaired) electrons. The predicted molar refractivity (Wildman–Crippen MR) is 152 cm³/mol. The molecule has 1 aliphatic rings. The standard InChI is InChI=1S/C30H19F3N2OS2/c31-30(32,33)23-8-5-9-24(16-23)35-28(36)27(38-29(35)37)15-22-18-34(26-11-4-3-10-25(22)26)17-19-12-13-20-6-1-2-7-21(20)14-19/h1-16,18H,17H2/b27-15+. The number of nitrogens with zero attached hydrogens (tertiary/aromatic N) is 2. The summed E-state index contributed by atoms with van der Waals surface area (Å²) < 4.78 is 42.1. The van der Waals surface area contributed by atoms with Gasteiger partial charge in [-0.1, -0.05) is 84.6 Å². The van der Waals surface area contributed by atoms with E-state index in [1.165, 1.54) is 22.9 Å². The van der Waals surface area contributed by atoms with E-state index in [1.807, 2.05) is 42.6 Å². The number of para-hydroxylation sites is 1. The Balaban J connectivity index is 1.35. The van der Waals surface area contributed by atoms with Crippen LogP contribution in [0.25, 0.3) is 27.8 Å². The summed E-state index contributed by atoms with van der Waals surface area (Å²) in [6.45, 7) is 0.643. The first kappa shape index (κ1) is 24.5. The highest BCUT2D eigenvalue weighted by atomic mass is 32.2. The molecule has 0 N–H and O–H groups in total. The fourth-order valence-corrected chi connectivity index (χ4v) is 6.00. The van der Waals surface area contributed by atoms with Crippen LogP contribution in [-0.4, -0.2) is 14.8 Å². The summed E-state index contributed by atoms with van der Waals surface area (Å²) in [6.07, 6.45) is -0.748. The Morgan fingerprint density at radius 1 is 0.868 bits per heavy atom. The molecule has 0 saturated carbocycles. The first-order valence-corrected chi connectivity index (χ1v) is 13.0. The van der Waals surface area contributed by atoms with E-state index in [9.17, 15) is 18.0 Å². The van der Waals surface area contributed by atoms with Crippen LogP contribution in [0.3, 0.4) is 0 Å². The van der Waals surface area contributed by atoms with Gasteiger partial charge in [0, 0.05) is 29.2 Å². The minimum absolute atomic E-state index is 0.101. The van der Waals surface area contributed by atoms with Gasteiger partial charge in [-0.05, 0) is 52.7 Å². The average Bonchev–Trinajstić information content (AvgIpc) is 3.39. The lowest BCUT2D eigenvalue weighted by molar-refractivity contribution is -0.137. The number of aromatic nitrogens is 1. The number of carbonyl (C=O) groups excluding carboxylic acids is 1. The van der Waals surface area contributed by atoms with E-state index in [4.69, 9.17) is 12.2 Å². The smallest absolute Gasteiger partial charge is 0.342 e. The molecule has 0 unspecified atom stereocenters. The van der Waals surface area contributed by atoms with Gasteiger partial charge in [-0.3, -0.25) is 9.69 Å². The van der Waals surface area contributed by atoms with Crippen molar-refractivity contribution in [1.29, 1.82) is 0 Å². The molecule has 6 rings (SSSR count). The van der Waals surface area contributed by atoms with Crippen LogP contribution in [0.4, 0.5) is 18.9 Å². The van der Waals surface area contributed by atoms with Gasteiger partial charge in [0.15, 0.2) is 4.32 Å². The fraction of sp³-hybridized carbons (Fsp3) is 0.0667. The van der Waals surface area contributed by atoms with Crippen molar-refractivity contribution in [1.82, 2.24) is 4.57 Å². The monoisotopic (exact) mass is 544 g/mol.